The van der Waals surface area contributed by atoms with Crippen molar-refractivity contribution in [1.29, 1.82) is 0 Å². The van der Waals surface area contributed by atoms with E-state index in [1.54, 1.807) is 0 Å². The van der Waals surface area contributed by atoms with Crippen molar-refractivity contribution in [3.8, 4) is 0 Å². The monoisotopic (exact) mass is 281 g/mol. The molecular formula is C15H20ClNO2. The molecule has 1 aromatic rings. The predicted octanol–water partition coefficient (Wildman–Crippen LogP) is 3.48. The molecule has 0 bridgehead atoms. The third-order valence-electron chi connectivity index (χ3n) is 4.22. The van der Waals surface area contributed by atoms with Crippen LogP contribution >= 0.6 is 11.6 Å². The molecule has 19 heavy (non-hydrogen) atoms. The Labute approximate surface area is 119 Å². The summed E-state index contributed by atoms with van der Waals surface area (Å²) in [6, 6.07) is 5.96. The number of carboxylic acid groups (broad SMARTS) is 1. The van der Waals surface area contributed by atoms with Gasteiger partial charge in [0.15, 0.2) is 0 Å². The molecule has 1 atom stereocenters. The van der Waals surface area contributed by atoms with Gasteiger partial charge in [0.2, 0.25) is 0 Å². The first-order valence-electron chi connectivity index (χ1n) is 6.73. The van der Waals surface area contributed by atoms with Crippen LogP contribution in [0, 0.1) is 6.92 Å². The lowest BCUT2D eigenvalue weighted by Gasteiger charge is -2.34. The number of hydrogen-bond donors (Lipinski definition) is 1. The van der Waals surface area contributed by atoms with Crippen LogP contribution in [0.2, 0.25) is 5.02 Å². The lowest BCUT2D eigenvalue weighted by Crippen LogP contribution is -2.49. The lowest BCUT2D eigenvalue weighted by atomic mass is 9.92. The van der Waals surface area contributed by atoms with Gasteiger partial charge in [-0.15, -0.1) is 0 Å². The van der Waals surface area contributed by atoms with Crippen LogP contribution in [0.5, 0.6) is 0 Å². The molecule has 0 radical (unpaired) electrons. The number of benzene rings is 1. The number of likely N-dealkylation sites (tertiary alicyclic amines) is 1. The van der Waals surface area contributed by atoms with Gasteiger partial charge >= 0.3 is 5.97 Å². The van der Waals surface area contributed by atoms with Crippen LogP contribution < -0.4 is 0 Å². The summed E-state index contributed by atoms with van der Waals surface area (Å²) in [4.78, 5) is 13.7. The number of halogens is 1. The maximum absolute atomic E-state index is 11.6. The second kappa shape index (κ2) is 5.51. The Morgan fingerprint density at radius 3 is 2.84 bits per heavy atom. The number of hydrogen-bond acceptors (Lipinski definition) is 2. The Morgan fingerprint density at radius 1 is 1.53 bits per heavy atom. The van der Waals surface area contributed by atoms with E-state index in [1.165, 1.54) is 0 Å². The summed E-state index contributed by atoms with van der Waals surface area (Å²) in [5.41, 5.74) is 1.43. The number of aliphatic carboxylic acids is 1. The van der Waals surface area contributed by atoms with E-state index in [0.29, 0.717) is 13.0 Å². The van der Waals surface area contributed by atoms with Crippen LogP contribution in [0.4, 0.5) is 0 Å². The van der Waals surface area contributed by atoms with Gasteiger partial charge in [-0.25, -0.2) is 0 Å². The number of rotatable bonds is 4. The summed E-state index contributed by atoms with van der Waals surface area (Å²) in [5, 5.41) is 10.3. The minimum absolute atomic E-state index is 0.641. The van der Waals surface area contributed by atoms with E-state index in [0.717, 1.165) is 35.5 Å². The van der Waals surface area contributed by atoms with Gasteiger partial charge < -0.3 is 5.11 Å². The van der Waals surface area contributed by atoms with Crippen LogP contribution in [0.1, 0.15) is 37.3 Å². The Kier molecular flexibility index (Phi) is 4.16. The highest BCUT2D eigenvalue weighted by atomic mass is 35.5. The second-order valence-electron chi connectivity index (χ2n) is 5.30. The molecule has 0 aliphatic carbocycles. The van der Waals surface area contributed by atoms with Crippen LogP contribution in [0.3, 0.4) is 0 Å². The van der Waals surface area contributed by atoms with Crippen LogP contribution in [-0.4, -0.2) is 28.1 Å². The summed E-state index contributed by atoms with van der Waals surface area (Å²) < 4.78 is 0. The molecule has 1 unspecified atom stereocenters. The molecular weight excluding hydrogens is 262 g/mol. The quantitative estimate of drug-likeness (QED) is 0.919. The SMILES string of the molecule is CCC1(C(=O)O)CCCN1Cc1ccc(C)c(Cl)c1. The van der Waals surface area contributed by atoms with Gasteiger partial charge in [0.05, 0.1) is 0 Å². The summed E-state index contributed by atoms with van der Waals surface area (Å²) in [6.07, 6.45) is 2.32. The standard InChI is InChI=1S/C15H20ClNO2/c1-3-15(14(18)19)7-4-8-17(15)10-12-6-5-11(2)13(16)9-12/h5-6,9H,3-4,7-8,10H2,1-2H3,(H,18,19). The largest absolute Gasteiger partial charge is 0.480 e. The third-order valence-corrected chi connectivity index (χ3v) is 4.62. The maximum atomic E-state index is 11.6. The Hall–Kier alpha value is -1.06. The lowest BCUT2D eigenvalue weighted by molar-refractivity contribution is -0.150. The van der Waals surface area contributed by atoms with Crippen molar-refractivity contribution >= 4 is 17.6 Å². The first-order chi connectivity index (χ1) is 8.99. The van der Waals surface area contributed by atoms with E-state index >= 15 is 0 Å². The summed E-state index contributed by atoms with van der Waals surface area (Å²) in [6.45, 7) is 5.41. The molecule has 0 spiro atoms. The smallest absolute Gasteiger partial charge is 0.324 e. The minimum Gasteiger partial charge on any atom is -0.480 e. The normalized spacial score (nSPS) is 23.7. The summed E-state index contributed by atoms with van der Waals surface area (Å²) in [7, 11) is 0. The van der Waals surface area contributed by atoms with E-state index in [4.69, 9.17) is 11.6 Å². The van der Waals surface area contributed by atoms with Crippen molar-refractivity contribution in [3.05, 3.63) is 34.3 Å². The third kappa shape index (κ3) is 2.63. The minimum atomic E-state index is -0.703. The first kappa shape index (κ1) is 14.4. The van der Waals surface area contributed by atoms with Crippen LogP contribution in [0.15, 0.2) is 18.2 Å². The zero-order chi connectivity index (χ0) is 14.0. The number of aryl methyl sites for hydroxylation is 1. The van der Waals surface area contributed by atoms with Crippen molar-refractivity contribution in [2.75, 3.05) is 6.54 Å². The second-order valence-corrected chi connectivity index (χ2v) is 5.71. The fourth-order valence-electron chi connectivity index (χ4n) is 2.91. The molecule has 4 heteroatoms. The van der Waals surface area contributed by atoms with Gasteiger partial charge in [0.1, 0.15) is 5.54 Å². The van der Waals surface area contributed by atoms with E-state index in [-0.39, 0.29) is 0 Å². The Morgan fingerprint density at radius 2 is 2.26 bits per heavy atom. The Bertz CT molecular complexity index is 489. The van der Waals surface area contributed by atoms with Crippen molar-refractivity contribution in [2.45, 2.75) is 45.2 Å². The molecule has 2 rings (SSSR count). The molecule has 104 valence electrons. The average Bonchev–Trinajstić information content (AvgIpc) is 2.78. The average molecular weight is 282 g/mol. The highest BCUT2D eigenvalue weighted by Crippen LogP contribution is 2.34. The van der Waals surface area contributed by atoms with Crippen LogP contribution in [-0.2, 0) is 11.3 Å². The summed E-state index contributed by atoms with van der Waals surface area (Å²) in [5.74, 6) is -0.703. The zero-order valence-corrected chi connectivity index (χ0v) is 12.2. The maximum Gasteiger partial charge on any atom is 0.324 e. The molecule has 1 N–H and O–H groups in total. The van der Waals surface area contributed by atoms with Crippen molar-refractivity contribution < 1.29 is 9.90 Å². The van der Waals surface area contributed by atoms with Gasteiger partial charge in [-0.05, 0) is 49.9 Å². The molecule has 1 aromatic carbocycles. The van der Waals surface area contributed by atoms with Gasteiger partial charge in [-0.1, -0.05) is 30.7 Å². The highest BCUT2D eigenvalue weighted by Gasteiger charge is 2.45. The van der Waals surface area contributed by atoms with E-state index in [1.807, 2.05) is 32.0 Å². The van der Waals surface area contributed by atoms with Crippen molar-refractivity contribution in [1.82, 2.24) is 4.90 Å². The topological polar surface area (TPSA) is 40.5 Å². The Balaban J connectivity index is 2.21. The molecule has 0 amide bonds. The fourth-order valence-corrected chi connectivity index (χ4v) is 3.12. The van der Waals surface area contributed by atoms with Gasteiger partial charge in [-0.3, -0.25) is 9.69 Å². The molecule has 0 saturated carbocycles. The molecule has 3 nitrogen and oxygen atoms in total. The molecule has 1 aliphatic heterocycles. The predicted molar refractivity (Wildman–Crippen MR) is 76.5 cm³/mol. The molecule has 1 fully saturated rings. The number of nitrogens with zero attached hydrogens (tertiary/aromatic N) is 1. The molecule has 1 aliphatic rings. The fraction of sp³-hybridized carbons (Fsp3) is 0.533. The summed E-state index contributed by atoms with van der Waals surface area (Å²) >= 11 is 6.13. The van der Waals surface area contributed by atoms with E-state index < -0.39 is 11.5 Å². The van der Waals surface area contributed by atoms with Gasteiger partial charge in [-0.2, -0.15) is 0 Å². The van der Waals surface area contributed by atoms with Gasteiger partial charge in [0.25, 0.3) is 0 Å². The molecule has 1 saturated heterocycles. The van der Waals surface area contributed by atoms with Crippen molar-refractivity contribution in [3.63, 3.8) is 0 Å². The van der Waals surface area contributed by atoms with E-state index in [2.05, 4.69) is 4.90 Å². The van der Waals surface area contributed by atoms with Gasteiger partial charge in [0, 0.05) is 11.6 Å². The molecule has 1 heterocycles. The first-order valence-corrected chi connectivity index (χ1v) is 7.11. The molecule has 0 aromatic heterocycles. The van der Waals surface area contributed by atoms with Crippen molar-refractivity contribution in [2.24, 2.45) is 0 Å². The zero-order valence-electron chi connectivity index (χ0n) is 11.4. The number of carboxylic acids is 1. The number of carbonyl (C=O) groups is 1. The highest BCUT2D eigenvalue weighted by molar-refractivity contribution is 6.31. The van der Waals surface area contributed by atoms with Crippen LogP contribution in [0.25, 0.3) is 0 Å². The van der Waals surface area contributed by atoms with E-state index in [9.17, 15) is 9.90 Å².